The fraction of sp³-hybridized carbons (Fsp3) is 0.0370. The Bertz CT molecular complexity index is 1420. The second-order valence-electron chi connectivity index (χ2n) is 7.75. The molecular weight excluding hydrogens is 398 g/mol. The number of H-pyrrole nitrogens is 1. The van der Waals surface area contributed by atoms with Crippen LogP contribution in [-0.4, -0.2) is 15.9 Å². The summed E-state index contributed by atoms with van der Waals surface area (Å²) in [7, 11) is 0. The molecule has 4 aromatic carbocycles. The Morgan fingerprint density at radius 1 is 0.812 bits per heavy atom. The van der Waals surface area contributed by atoms with E-state index >= 15 is 0 Å². The zero-order valence-electron chi connectivity index (χ0n) is 17.1. The lowest BCUT2D eigenvalue weighted by atomic mass is 9.97. The van der Waals surface area contributed by atoms with Crippen LogP contribution in [0.25, 0.3) is 11.0 Å². The van der Waals surface area contributed by atoms with Crippen LogP contribution in [-0.2, 0) is 0 Å². The molecular formula is C27H19N3O2. The van der Waals surface area contributed by atoms with Crippen LogP contribution in [0.3, 0.4) is 0 Å². The van der Waals surface area contributed by atoms with Gasteiger partial charge in [0, 0.05) is 11.3 Å². The fourth-order valence-corrected chi connectivity index (χ4v) is 4.33. The lowest BCUT2D eigenvalue weighted by Crippen LogP contribution is -2.28. The number of nitrogens with one attached hydrogen (secondary N) is 1. The normalized spacial score (nSPS) is 15.2. The fourth-order valence-electron chi connectivity index (χ4n) is 4.33. The van der Waals surface area contributed by atoms with Gasteiger partial charge in [0.1, 0.15) is 11.5 Å². The third-order valence-electron chi connectivity index (χ3n) is 5.82. The van der Waals surface area contributed by atoms with Gasteiger partial charge in [0.15, 0.2) is 0 Å². The Hall–Kier alpha value is -4.38. The topological polar surface area (TPSA) is 58.2 Å². The zero-order chi connectivity index (χ0) is 21.5. The number of para-hydroxylation sites is 1. The number of rotatable bonds is 4. The number of carbonyl (C=O) groups is 1. The van der Waals surface area contributed by atoms with Gasteiger partial charge in [-0.05, 0) is 59.7 Å². The maximum absolute atomic E-state index is 13.4. The number of ether oxygens (including phenoxy) is 1. The van der Waals surface area contributed by atoms with Crippen molar-refractivity contribution >= 4 is 22.6 Å². The molecule has 154 valence electrons. The van der Waals surface area contributed by atoms with E-state index in [9.17, 15) is 4.79 Å². The number of carbonyl (C=O) groups excluding carboxylic acids is 1. The maximum Gasteiger partial charge on any atom is 0.259 e. The molecule has 5 heteroatoms. The molecule has 1 aromatic heterocycles. The van der Waals surface area contributed by atoms with Crippen molar-refractivity contribution in [2.75, 3.05) is 4.90 Å². The van der Waals surface area contributed by atoms with E-state index in [1.165, 1.54) is 0 Å². The predicted octanol–water partition coefficient (Wildman–Crippen LogP) is 6.11. The quantitative estimate of drug-likeness (QED) is 0.384. The molecule has 1 aliphatic heterocycles. The number of fused-ring (bicyclic) bond motifs is 2. The minimum absolute atomic E-state index is 0.00548. The van der Waals surface area contributed by atoms with Crippen molar-refractivity contribution in [2.45, 2.75) is 6.04 Å². The van der Waals surface area contributed by atoms with Gasteiger partial charge in [-0.3, -0.25) is 9.69 Å². The summed E-state index contributed by atoms with van der Waals surface area (Å²) < 4.78 is 5.95. The molecule has 0 radical (unpaired) electrons. The molecule has 0 fully saturated rings. The number of nitrogens with zero attached hydrogens (tertiary/aromatic N) is 2. The van der Waals surface area contributed by atoms with Gasteiger partial charge in [-0.2, -0.15) is 0 Å². The van der Waals surface area contributed by atoms with Crippen molar-refractivity contribution < 1.29 is 9.53 Å². The number of benzene rings is 4. The third kappa shape index (κ3) is 3.03. The van der Waals surface area contributed by atoms with Crippen LogP contribution in [0.1, 0.15) is 27.5 Å². The molecule has 1 N–H and O–H groups in total. The first-order valence-electron chi connectivity index (χ1n) is 10.5. The molecule has 0 saturated heterocycles. The number of amides is 1. The van der Waals surface area contributed by atoms with Crippen molar-refractivity contribution in [3.8, 4) is 11.5 Å². The monoisotopic (exact) mass is 417 g/mol. The number of anilines is 1. The van der Waals surface area contributed by atoms with Crippen LogP contribution in [0.4, 0.5) is 5.69 Å². The number of hydrogen-bond donors (Lipinski definition) is 1. The summed E-state index contributed by atoms with van der Waals surface area (Å²) in [5.41, 5.74) is 5.35. The minimum atomic E-state index is -0.218. The number of aromatic amines is 1. The van der Waals surface area contributed by atoms with Crippen molar-refractivity contribution in [1.82, 2.24) is 9.97 Å². The summed E-state index contributed by atoms with van der Waals surface area (Å²) in [6, 6.07) is 31.1. The number of aromatic nitrogens is 2. The molecule has 0 spiro atoms. The molecule has 1 atom stereocenters. The van der Waals surface area contributed by atoms with E-state index in [1.54, 1.807) is 6.33 Å². The van der Waals surface area contributed by atoms with E-state index in [-0.39, 0.29) is 11.9 Å². The largest absolute Gasteiger partial charge is 0.457 e. The molecule has 6 rings (SSSR count). The Morgan fingerprint density at radius 2 is 1.56 bits per heavy atom. The van der Waals surface area contributed by atoms with E-state index in [2.05, 4.69) is 9.97 Å². The van der Waals surface area contributed by atoms with Crippen LogP contribution in [0.2, 0.25) is 0 Å². The molecule has 1 amide bonds. The van der Waals surface area contributed by atoms with Crippen molar-refractivity contribution in [3.63, 3.8) is 0 Å². The Morgan fingerprint density at radius 3 is 2.41 bits per heavy atom. The smallest absolute Gasteiger partial charge is 0.259 e. The molecule has 32 heavy (non-hydrogen) atoms. The van der Waals surface area contributed by atoms with Gasteiger partial charge in [0.2, 0.25) is 0 Å². The lowest BCUT2D eigenvalue weighted by molar-refractivity contribution is 0.0993. The highest BCUT2D eigenvalue weighted by molar-refractivity contribution is 6.12. The second kappa shape index (κ2) is 7.39. The van der Waals surface area contributed by atoms with Crippen molar-refractivity contribution in [3.05, 3.63) is 120 Å². The highest BCUT2D eigenvalue weighted by atomic mass is 16.5. The van der Waals surface area contributed by atoms with Gasteiger partial charge < -0.3 is 9.72 Å². The summed E-state index contributed by atoms with van der Waals surface area (Å²) in [5.74, 6) is 1.54. The van der Waals surface area contributed by atoms with E-state index in [4.69, 9.17) is 4.74 Å². The molecule has 0 saturated carbocycles. The van der Waals surface area contributed by atoms with Gasteiger partial charge in [-0.15, -0.1) is 0 Å². The summed E-state index contributed by atoms with van der Waals surface area (Å²) >= 11 is 0. The Kier molecular flexibility index (Phi) is 4.25. The molecule has 1 aliphatic rings. The molecule has 2 heterocycles. The van der Waals surface area contributed by atoms with Gasteiger partial charge in [-0.1, -0.05) is 48.5 Å². The average molecular weight is 417 g/mol. The van der Waals surface area contributed by atoms with Gasteiger partial charge in [0.05, 0.1) is 23.4 Å². The van der Waals surface area contributed by atoms with Gasteiger partial charge in [0.25, 0.3) is 5.91 Å². The average Bonchev–Trinajstić information content (AvgIpc) is 3.42. The van der Waals surface area contributed by atoms with Gasteiger partial charge >= 0.3 is 0 Å². The van der Waals surface area contributed by atoms with Crippen LogP contribution in [0, 0.1) is 0 Å². The zero-order valence-corrected chi connectivity index (χ0v) is 17.1. The second-order valence-corrected chi connectivity index (χ2v) is 7.75. The molecule has 0 aliphatic carbocycles. The summed E-state index contributed by atoms with van der Waals surface area (Å²) in [6.45, 7) is 0. The highest BCUT2D eigenvalue weighted by Crippen LogP contribution is 2.42. The lowest BCUT2D eigenvalue weighted by Gasteiger charge is -2.26. The van der Waals surface area contributed by atoms with Crippen LogP contribution < -0.4 is 9.64 Å². The van der Waals surface area contributed by atoms with E-state index in [0.717, 1.165) is 44.9 Å². The standard InChI is InChI=1S/C27H19N3O2/c31-27-23-9-5-4-8-22(23)26(30(27)19-12-15-24-25(16-19)29-17-28-24)18-10-13-21(14-11-18)32-20-6-2-1-3-7-20/h1-17,26H,(H,28,29). The first-order valence-corrected chi connectivity index (χ1v) is 10.5. The van der Waals surface area contributed by atoms with Crippen LogP contribution in [0.5, 0.6) is 11.5 Å². The van der Waals surface area contributed by atoms with E-state index in [1.807, 2.05) is 102 Å². The molecule has 0 bridgehead atoms. The SMILES string of the molecule is O=C1c2ccccc2C(c2ccc(Oc3ccccc3)cc2)N1c1ccc2nc[nH]c2c1. The van der Waals surface area contributed by atoms with Crippen LogP contribution >= 0.6 is 0 Å². The third-order valence-corrected chi connectivity index (χ3v) is 5.82. The number of imidazole rings is 1. The van der Waals surface area contributed by atoms with Gasteiger partial charge in [-0.25, -0.2) is 4.98 Å². The van der Waals surface area contributed by atoms with E-state index in [0.29, 0.717) is 0 Å². The van der Waals surface area contributed by atoms with Crippen molar-refractivity contribution in [2.24, 2.45) is 0 Å². The summed E-state index contributed by atoms with van der Waals surface area (Å²) in [6.07, 6.45) is 1.66. The first-order chi connectivity index (χ1) is 15.8. The number of hydrogen-bond acceptors (Lipinski definition) is 3. The molecule has 5 aromatic rings. The highest BCUT2D eigenvalue weighted by Gasteiger charge is 2.38. The summed E-state index contributed by atoms with van der Waals surface area (Å²) in [4.78, 5) is 22.7. The predicted molar refractivity (Wildman–Crippen MR) is 124 cm³/mol. The minimum Gasteiger partial charge on any atom is -0.457 e. The first kappa shape index (κ1) is 18.4. The summed E-state index contributed by atoms with van der Waals surface area (Å²) in [5, 5.41) is 0. The molecule has 1 unspecified atom stereocenters. The van der Waals surface area contributed by atoms with Crippen LogP contribution in [0.15, 0.2) is 103 Å². The maximum atomic E-state index is 13.4. The van der Waals surface area contributed by atoms with Crippen molar-refractivity contribution in [1.29, 1.82) is 0 Å². The van der Waals surface area contributed by atoms with E-state index < -0.39 is 0 Å². The Balaban J connectivity index is 1.41. The molecule has 5 nitrogen and oxygen atoms in total. The Labute approximate surface area is 184 Å².